The highest BCUT2D eigenvalue weighted by Gasteiger charge is 2.20. The summed E-state index contributed by atoms with van der Waals surface area (Å²) in [5, 5.41) is 4.97. The van der Waals surface area contributed by atoms with Crippen LogP contribution in [0.4, 0.5) is 5.69 Å². The zero-order valence-electron chi connectivity index (χ0n) is 14.4. The lowest BCUT2D eigenvalue weighted by Gasteiger charge is -2.13. The Balaban J connectivity index is 2.10. The van der Waals surface area contributed by atoms with E-state index in [1.165, 1.54) is 12.1 Å². The molecule has 0 bridgehead atoms. The van der Waals surface area contributed by atoms with E-state index in [9.17, 15) is 18.0 Å². The molecule has 0 spiro atoms. The van der Waals surface area contributed by atoms with Crippen LogP contribution >= 0.6 is 0 Å². The maximum atomic E-state index is 12.1. The molecule has 25 heavy (non-hydrogen) atoms. The van der Waals surface area contributed by atoms with E-state index in [-0.39, 0.29) is 10.6 Å². The lowest BCUT2D eigenvalue weighted by molar-refractivity contribution is -0.136. The molecular weight excluding hydrogens is 344 g/mol. The minimum absolute atomic E-state index is 0.0632. The molecule has 7 nitrogen and oxygen atoms in total. The topological polar surface area (TPSA) is 105 Å². The molecule has 2 aromatic rings. The SMILES string of the molecule is Cc1ccc([C@H](C)NC(=O)C(=O)Nc2cc(S(C)(=O)=O)ccc2C)o1. The average Bonchev–Trinajstić information content (AvgIpc) is 2.94. The molecule has 0 saturated carbocycles. The van der Waals surface area contributed by atoms with Crippen molar-refractivity contribution in [1.82, 2.24) is 5.32 Å². The zero-order chi connectivity index (χ0) is 18.8. The third-order valence-corrected chi connectivity index (χ3v) is 4.74. The Hall–Kier alpha value is -2.61. The molecule has 0 unspecified atom stereocenters. The van der Waals surface area contributed by atoms with Gasteiger partial charge in [0.1, 0.15) is 11.5 Å². The maximum Gasteiger partial charge on any atom is 0.313 e. The predicted octanol–water partition coefficient (Wildman–Crippen LogP) is 2.12. The molecule has 1 aromatic carbocycles. The number of furan rings is 1. The van der Waals surface area contributed by atoms with Crippen LogP contribution in [0.25, 0.3) is 0 Å². The second kappa shape index (κ2) is 7.10. The van der Waals surface area contributed by atoms with Crippen LogP contribution in [-0.4, -0.2) is 26.5 Å². The number of hydrogen-bond acceptors (Lipinski definition) is 5. The van der Waals surface area contributed by atoms with E-state index >= 15 is 0 Å². The first-order chi connectivity index (χ1) is 11.6. The Morgan fingerprint density at radius 2 is 1.76 bits per heavy atom. The number of benzene rings is 1. The molecule has 0 aliphatic rings. The van der Waals surface area contributed by atoms with Gasteiger partial charge in [-0.05, 0) is 50.6 Å². The molecular formula is C17H20N2O5S. The van der Waals surface area contributed by atoms with Crippen molar-refractivity contribution in [3.8, 4) is 0 Å². The van der Waals surface area contributed by atoms with E-state index in [0.717, 1.165) is 6.26 Å². The monoisotopic (exact) mass is 364 g/mol. The van der Waals surface area contributed by atoms with E-state index in [1.54, 1.807) is 39.0 Å². The van der Waals surface area contributed by atoms with E-state index in [2.05, 4.69) is 10.6 Å². The number of sulfone groups is 1. The molecule has 0 fully saturated rings. The van der Waals surface area contributed by atoms with Crippen LogP contribution in [0.3, 0.4) is 0 Å². The van der Waals surface area contributed by atoms with Crippen LogP contribution in [0.5, 0.6) is 0 Å². The maximum absolute atomic E-state index is 12.1. The van der Waals surface area contributed by atoms with Crippen LogP contribution in [0.15, 0.2) is 39.6 Å². The first kappa shape index (κ1) is 18.7. The summed E-state index contributed by atoms with van der Waals surface area (Å²) >= 11 is 0. The number of rotatable bonds is 4. The van der Waals surface area contributed by atoms with Crippen molar-refractivity contribution >= 4 is 27.3 Å². The summed E-state index contributed by atoms with van der Waals surface area (Å²) in [5.74, 6) is -0.489. The van der Waals surface area contributed by atoms with Crippen molar-refractivity contribution in [2.24, 2.45) is 0 Å². The van der Waals surface area contributed by atoms with Gasteiger partial charge in [0.2, 0.25) is 0 Å². The predicted molar refractivity (Wildman–Crippen MR) is 92.9 cm³/mol. The molecule has 0 radical (unpaired) electrons. The van der Waals surface area contributed by atoms with E-state index < -0.39 is 27.7 Å². The Morgan fingerprint density at radius 1 is 1.08 bits per heavy atom. The summed E-state index contributed by atoms with van der Waals surface area (Å²) in [6, 6.07) is 7.35. The van der Waals surface area contributed by atoms with Crippen LogP contribution in [0.1, 0.15) is 30.0 Å². The third-order valence-electron chi connectivity index (χ3n) is 3.63. The van der Waals surface area contributed by atoms with Gasteiger partial charge >= 0.3 is 11.8 Å². The van der Waals surface area contributed by atoms with Crippen LogP contribution < -0.4 is 10.6 Å². The molecule has 1 aromatic heterocycles. The van der Waals surface area contributed by atoms with E-state index in [4.69, 9.17) is 4.42 Å². The molecule has 2 amide bonds. The highest BCUT2D eigenvalue weighted by molar-refractivity contribution is 7.90. The van der Waals surface area contributed by atoms with Crippen molar-refractivity contribution in [2.75, 3.05) is 11.6 Å². The third kappa shape index (κ3) is 4.69. The molecule has 0 aliphatic heterocycles. The van der Waals surface area contributed by atoms with Gasteiger partial charge in [0, 0.05) is 11.9 Å². The minimum Gasteiger partial charge on any atom is -0.464 e. The molecule has 134 valence electrons. The molecule has 1 heterocycles. The first-order valence-corrected chi connectivity index (χ1v) is 9.46. The van der Waals surface area contributed by atoms with Crippen LogP contribution in [0.2, 0.25) is 0 Å². The lowest BCUT2D eigenvalue weighted by atomic mass is 10.2. The smallest absolute Gasteiger partial charge is 0.313 e. The number of anilines is 1. The molecule has 2 rings (SSSR count). The minimum atomic E-state index is -3.42. The molecule has 1 atom stereocenters. The largest absolute Gasteiger partial charge is 0.464 e. The van der Waals surface area contributed by atoms with Gasteiger partial charge in [-0.15, -0.1) is 0 Å². The summed E-state index contributed by atoms with van der Waals surface area (Å²) in [4.78, 5) is 24.2. The van der Waals surface area contributed by atoms with Gasteiger partial charge in [0.15, 0.2) is 9.84 Å². The van der Waals surface area contributed by atoms with Crippen molar-refractivity contribution in [1.29, 1.82) is 0 Å². The zero-order valence-corrected chi connectivity index (χ0v) is 15.2. The number of aryl methyl sites for hydroxylation is 2. The highest BCUT2D eigenvalue weighted by atomic mass is 32.2. The fourth-order valence-electron chi connectivity index (χ4n) is 2.16. The van der Waals surface area contributed by atoms with Gasteiger partial charge in [0.05, 0.1) is 10.9 Å². The number of hydrogen-bond donors (Lipinski definition) is 2. The quantitative estimate of drug-likeness (QED) is 0.809. The number of carbonyl (C=O) groups is 2. The number of amides is 2. The summed E-state index contributed by atoms with van der Waals surface area (Å²) in [7, 11) is -3.42. The lowest BCUT2D eigenvalue weighted by Crippen LogP contribution is -2.37. The Labute approximate surface area is 146 Å². The first-order valence-electron chi connectivity index (χ1n) is 7.57. The molecule has 2 N–H and O–H groups in total. The molecule has 0 aliphatic carbocycles. The van der Waals surface area contributed by atoms with Crippen molar-refractivity contribution < 1.29 is 22.4 Å². The average molecular weight is 364 g/mol. The summed E-state index contributed by atoms with van der Waals surface area (Å²) in [6.07, 6.45) is 1.07. The van der Waals surface area contributed by atoms with Gasteiger partial charge < -0.3 is 15.1 Å². The van der Waals surface area contributed by atoms with Crippen molar-refractivity contribution in [2.45, 2.75) is 31.7 Å². The second-order valence-corrected chi connectivity index (χ2v) is 7.86. The summed E-state index contributed by atoms with van der Waals surface area (Å²) in [5.41, 5.74) is 0.910. The van der Waals surface area contributed by atoms with Gasteiger partial charge in [-0.2, -0.15) is 0 Å². The number of carbonyl (C=O) groups excluding carboxylic acids is 2. The van der Waals surface area contributed by atoms with Gasteiger partial charge in [-0.1, -0.05) is 6.07 Å². The fraction of sp³-hybridized carbons (Fsp3) is 0.294. The van der Waals surface area contributed by atoms with Gasteiger partial charge in [-0.25, -0.2) is 8.42 Å². The number of nitrogens with one attached hydrogen (secondary N) is 2. The second-order valence-electron chi connectivity index (χ2n) is 5.85. The van der Waals surface area contributed by atoms with E-state index in [1.807, 2.05) is 0 Å². The van der Waals surface area contributed by atoms with E-state index in [0.29, 0.717) is 17.1 Å². The van der Waals surface area contributed by atoms with Gasteiger partial charge in [-0.3, -0.25) is 9.59 Å². The standard InChI is InChI=1S/C17H20N2O5S/c1-10-5-7-13(25(4,22)23)9-14(10)19-17(21)16(20)18-12(3)15-8-6-11(2)24-15/h5-9,12H,1-4H3,(H,18,20)(H,19,21)/t12-/m0/s1. The van der Waals surface area contributed by atoms with Crippen LogP contribution in [-0.2, 0) is 19.4 Å². The normalized spacial score (nSPS) is 12.5. The van der Waals surface area contributed by atoms with Crippen molar-refractivity contribution in [3.63, 3.8) is 0 Å². The van der Waals surface area contributed by atoms with Crippen LogP contribution in [0, 0.1) is 13.8 Å². The molecule has 0 saturated heterocycles. The summed E-state index contributed by atoms with van der Waals surface area (Å²) in [6.45, 7) is 5.18. The Bertz CT molecular complexity index is 915. The van der Waals surface area contributed by atoms with Crippen molar-refractivity contribution in [3.05, 3.63) is 47.4 Å². The Kier molecular flexibility index (Phi) is 5.32. The molecule has 8 heteroatoms. The fourth-order valence-corrected chi connectivity index (χ4v) is 2.81. The summed E-state index contributed by atoms with van der Waals surface area (Å²) < 4.78 is 28.6. The highest BCUT2D eigenvalue weighted by Crippen LogP contribution is 2.20. The Morgan fingerprint density at radius 3 is 2.32 bits per heavy atom. The van der Waals surface area contributed by atoms with Gasteiger partial charge in [0.25, 0.3) is 0 Å².